The summed E-state index contributed by atoms with van der Waals surface area (Å²) >= 11 is 0. The number of carboxylic acid groups (broad SMARTS) is 1. The largest absolute Gasteiger partial charge is 0.480 e. The molecule has 0 fully saturated rings. The molecular weight excluding hydrogens is 254 g/mol. The molecule has 1 N–H and O–H groups in total. The third-order valence-electron chi connectivity index (χ3n) is 3.62. The van der Waals surface area contributed by atoms with E-state index in [2.05, 4.69) is 9.97 Å². The molecule has 1 aromatic carbocycles. The quantitative estimate of drug-likeness (QED) is 0.900. The zero-order valence-corrected chi connectivity index (χ0v) is 11.2. The zero-order chi connectivity index (χ0) is 14.1. The van der Waals surface area contributed by atoms with Crippen LogP contribution in [0.15, 0.2) is 36.7 Å². The Kier molecular flexibility index (Phi) is 3.10. The van der Waals surface area contributed by atoms with Crippen molar-refractivity contribution < 1.29 is 9.90 Å². The van der Waals surface area contributed by atoms with Crippen molar-refractivity contribution in [2.45, 2.75) is 25.9 Å². The molecule has 0 spiro atoms. The maximum absolute atomic E-state index is 11.5. The fraction of sp³-hybridized carbons (Fsp3) is 0.267. The average molecular weight is 269 g/mol. The van der Waals surface area contributed by atoms with Crippen LogP contribution in [0.25, 0.3) is 0 Å². The van der Waals surface area contributed by atoms with Gasteiger partial charge in [-0.3, -0.25) is 0 Å². The third-order valence-corrected chi connectivity index (χ3v) is 3.62. The van der Waals surface area contributed by atoms with Crippen LogP contribution in [0.3, 0.4) is 0 Å². The minimum absolute atomic E-state index is 0.495. The van der Waals surface area contributed by atoms with Crippen LogP contribution < -0.4 is 4.90 Å². The molecule has 5 nitrogen and oxygen atoms in total. The van der Waals surface area contributed by atoms with Crippen molar-refractivity contribution in [3.63, 3.8) is 0 Å². The molecular formula is C15H15N3O2. The molecule has 0 saturated carbocycles. The summed E-state index contributed by atoms with van der Waals surface area (Å²) in [5.74, 6) is -0.157. The maximum atomic E-state index is 11.5. The molecule has 3 rings (SSSR count). The highest BCUT2D eigenvalue weighted by molar-refractivity contribution is 5.79. The summed E-state index contributed by atoms with van der Waals surface area (Å²) in [7, 11) is 0. The number of benzene rings is 1. The molecule has 1 aliphatic rings. The van der Waals surface area contributed by atoms with E-state index in [0.29, 0.717) is 18.8 Å². The summed E-state index contributed by atoms with van der Waals surface area (Å²) < 4.78 is 0. The van der Waals surface area contributed by atoms with Gasteiger partial charge in [-0.2, -0.15) is 0 Å². The number of hydrogen-bond donors (Lipinski definition) is 1. The van der Waals surface area contributed by atoms with Gasteiger partial charge in [0.2, 0.25) is 0 Å². The van der Waals surface area contributed by atoms with E-state index in [1.54, 1.807) is 0 Å². The van der Waals surface area contributed by atoms with Crippen molar-refractivity contribution in [2.75, 3.05) is 4.90 Å². The smallest absolute Gasteiger partial charge is 0.326 e. The molecule has 5 heteroatoms. The van der Waals surface area contributed by atoms with Crippen molar-refractivity contribution in [3.8, 4) is 0 Å². The SMILES string of the molecule is Cc1cc(N2Cc3ccccc3CC2C(=O)O)ncn1. The zero-order valence-electron chi connectivity index (χ0n) is 11.2. The van der Waals surface area contributed by atoms with Crippen LogP contribution in [0.5, 0.6) is 0 Å². The molecule has 0 amide bonds. The van der Waals surface area contributed by atoms with Crippen LogP contribution in [-0.4, -0.2) is 27.1 Å². The van der Waals surface area contributed by atoms with Crippen LogP contribution in [0.1, 0.15) is 16.8 Å². The van der Waals surface area contributed by atoms with E-state index in [4.69, 9.17) is 0 Å². The Morgan fingerprint density at radius 1 is 1.30 bits per heavy atom. The highest BCUT2D eigenvalue weighted by atomic mass is 16.4. The van der Waals surface area contributed by atoms with E-state index in [1.165, 1.54) is 6.33 Å². The molecule has 2 aromatic rings. The van der Waals surface area contributed by atoms with Crippen molar-refractivity contribution in [2.24, 2.45) is 0 Å². The van der Waals surface area contributed by atoms with E-state index in [9.17, 15) is 9.90 Å². The first-order valence-corrected chi connectivity index (χ1v) is 6.50. The standard InChI is InChI=1S/C15H15N3O2/c1-10-6-14(17-9-16-10)18-8-12-5-3-2-4-11(12)7-13(18)15(19)20/h2-6,9,13H,7-8H2,1H3,(H,19,20). The predicted octanol–water partition coefficient (Wildman–Crippen LogP) is 1.80. The van der Waals surface area contributed by atoms with Gasteiger partial charge in [-0.25, -0.2) is 14.8 Å². The number of anilines is 1. The highest BCUT2D eigenvalue weighted by Gasteiger charge is 2.32. The Morgan fingerprint density at radius 3 is 2.75 bits per heavy atom. The maximum Gasteiger partial charge on any atom is 0.326 e. The van der Waals surface area contributed by atoms with E-state index < -0.39 is 12.0 Å². The Balaban J connectivity index is 2.02. The van der Waals surface area contributed by atoms with Gasteiger partial charge in [0.15, 0.2) is 0 Å². The van der Waals surface area contributed by atoms with Crippen LogP contribution >= 0.6 is 0 Å². The lowest BCUT2D eigenvalue weighted by atomic mass is 9.94. The Morgan fingerprint density at radius 2 is 2.05 bits per heavy atom. The number of rotatable bonds is 2. The first-order valence-electron chi connectivity index (χ1n) is 6.50. The first-order chi connectivity index (χ1) is 9.65. The Labute approximate surface area is 116 Å². The number of carbonyl (C=O) groups is 1. The fourth-order valence-electron chi connectivity index (χ4n) is 2.58. The lowest BCUT2D eigenvalue weighted by molar-refractivity contribution is -0.138. The molecule has 1 aliphatic heterocycles. The van der Waals surface area contributed by atoms with Crippen molar-refractivity contribution >= 4 is 11.8 Å². The third kappa shape index (κ3) is 2.22. The summed E-state index contributed by atoms with van der Waals surface area (Å²) in [6.07, 6.45) is 1.97. The molecule has 0 radical (unpaired) electrons. The van der Waals surface area contributed by atoms with E-state index in [-0.39, 0.29) is 0 Å². The molecule has 102 valence electrons. The number of hydrogen-bond acceptors (Lipinski definition) is 4. The molecule has 0 saturated heterocycles. The van der Waals surface area contributed by atoms with Gasteiger partial charge in [0.1, 0.15) is 18.2 Å². The minimum Gasteiger partial charge on any atom is -0.480 e. The number of aliphatic carboxylic acids is 1. The van der Waals surface area contributed by atoms with Gasteiger partial charge < -0.3 is 10.0 Å². The van der Waals surface area contributed by atoms with Crippen molar-refractivity contribution in [1.29, 1.82) is 0 Å². The summed E-state index contributed by atoms with van der Waals surface area (Å²) in [4.78, 5) is 21.7. The molecule has 0 bridgehead atoms. The van der Waals surface area contributed by atoms with Crippen molar-refractivity contribution in [1.82, 2.24) is 9.97 Å². The molecule has 1 unspecified atom stereocenters. The van der Waals surface area contributed by atoms with Gasteiger partial charge in [0.25, 0.3) is 0 Å². The first kappa shape index (κ1) is 12.6. The van der Waals surface area contributed by atoms with Crippen LogP contribution in [-0.2, 0) is 17.8 Å². The number of aromatic nitrogens is 2. The van der Waals surface area contributed by atoms with Crippen molar-refractivity contribution in [3.05, 3.63) is 53.5 Å². The van der Waals surface area contributed by atoms with E-state index >= 15 is 0 Å². The Bertz CT molecular complexity index is 657. The average Bonchev–Trinajstić information content (AvgIpc) is 2.46. The van der Waals surface area contributed by atoms with Gasteiger partial charge >= 0.3 is 5.97 Å². The Hall–Kier alpha value is -2.43. The van der Waals surface area contributed by atoms with E-state index in [1.807, 2.05) is 42.2 Å². The van der Waals surface area contributed by atoms with Gasteiger partial charge in [-0.05, 0) is 18.1 Å². The van der Waals surface area contributed by atoms with E-state index in [0.717, 1.165) is 16.8 Å². The molecule has 0 aliphatic carbocycles. The monoisotopic (exact) mass is 269 g/mol. The molecule has 1 atom stereocenters. The van der Waals surface area contributed by atoms with Crippen LogP contribution in [0, 0.1) is 6.92 Å². The van der Waals surface area contributed by atoms with Gasteiger partial charge in [0.05, 0.1) is 0 Å². The summed E-state index contributed by atoms with van der Waals surface area (Å²) in [5.41, 5.74) is 3.08. The van der Waals surface area contributed by atoms with Crippen LogP contribution in [0.2, 0.25) is 0 Å². The lowest BCUT2D eigenvalue weighted by Crippen LogP contribution is -2.46. The molecule has 20 heavy (non-hydrogen) atoms. The van der Waals surface area contributed by atoms with Gasteiger partial charge in [-0.1, -0.05) is 24.3 Å². The minimum atomic E-state index is -0.823. The summed E-state index contributed by atoms with van der Waals surface area (Å²) in [6.45, 7) is 2.43. The number of aryl methyl sites for hydroxylation is 1. The second kappa shape index (κ2) is 4.92. The number of nitrogens with zero attached hydrogens (tertiary/aromatic N) is 3. The molecule has 1 aromatic heterocycles. The normalized spacial score (nSPS) is 17.6. The second-order valence-corrected chi connectivity index (χ2v) is 4.97. The fourth-order valence-corrected chi connectivity index (χ4v) is 2.58. The summed E-state index contributed by atoms with van der Waals surface area (Å²) in [6, 6.07) is 9.19. The lowest BCUT2D eigenvalue weighted by Gasteiger charge is -2.35. The molecule has 2 heterocycles. The van der Waals surface area contributed by atoms with Gasteiger partial charge in [0, 0.05) is 24.7 Å². The predicted molar refractivity (Wildman–Crippen MR) is 74.5 cm³/mol. The van der Waals surface area contributed by atoms with Gasteiger partial charge in [-0.15, -0.1) is 0 Å². The number of fused-ring (bicyclic) bond motifs is 1. The summed E-state index contributed by atoms with van der Waals surface area (Å²) in [5, 5.41) is 9.48. The number of carboxylic acids is 1. The van der Waals surface area contributed by atoms with Crippen LogP contribution in [0.4, 0.5) is 5.82 Å². The topological polar surface area (TPSA) is 66.3 Å². The highest BCUT2D eigenvalue weighted by Crippen LogP contribution is 2.27. The second-order valence-electron chi connectivity index (χ2n) is 4.97.